The van der Waals surface area contributed by atoms with Crippen molar-refractivity contribution in [1.82, 2.24) is 0 Å². The smallest absolute Gasteiger partial charge is 0.330 e. The van der Waals surface area contributed by atoms with Gasteiger partial charge in [0.05, 0.1) is 6.61 Å². The number of aliphatic hydroxyl groups is 1. The predicted octanol–water partition coefficient (Wildman–Crippen LogP) is -0.0788. The summed E-state index contributed by atoms with van der Waals surface area (Å²) in [5, 5.41) is 8.23. The molecule has 0 atom stereocenters. The van der Waals surface area contributed by atoms with Crippen molar-refractivity contribution in [2.45, 2.75) is 6.42 Å². The Labute approximate surface area is 59.4 Å². The average molecular weight is 147 g/mol. The molecule has 0 fully saturated rings. The summed E-state index contributed by atoms with van der Waals surface area (Å²) in [6.07, 6.45) is 1.58. The number of hydrogen-bond donors (Lipinski definition) is 2. The van der Waals surface area contributed by atoms with Gasteiger partial charge in [0.15, 0.2) is 0 Å². The third kappa shape index (κ3) is 7.13. The van der Waals surface area contributed by atoms with Crippen LogP contribution in [-0.2, 0) is 9.53 Å². The van der Waals surface area contributed by atoms with Crippen molar-refractivity contribution in [3.8, 4) is 0 Å². The minimum Gasteiger partial charge on any atom is -0.462 e. The van der Waals surface area contributed by atoms with Gasteiger partial charge in [-0.05, 0) is 0 Å². The molecular formula is C6H11O4. The quantitative estimate of drug-likeness (QED) is 0.331. The number of carbonyl (C=O) groups is 1. The van der Waals surface area contributed by atoms with Crippen LogP contribution in [0, 0.1) is 0 Å². The minimum atomic E-state index is -0.441. The van der Waals surface area contributed by atoms with Crippen molar-refractivity contribution >= 4 is 5.97 Å². The van der Waals surface area contributed by atoms with Gasteiger partial charge in [0.25, 0.3) is 0 Å². The second kappa shape index (κ2) is 8.13. The first kappa shape index (κ1) is 11.9. The second-order valence-electron chi connectivity index (χ2n) is 1.45. The Bertz CT molecular complexity index is 99.9. The molecule has 0 heterocycles. The van der Waals surface area contributed by atoms with Gasteiger partial charge in [-0.1, -0.05) is 6.58 Å². The largest absolute Gasteiger partial charge is 0.462 e. The Hall–Kier alpha value is -0.870. The minimum absolute atomic E-state index is 0. The number of aliphatic hydroxyl groups excluding tert-OH is 1. The fourth-order valence-electron chi connectivity index (χ4n) is 0.296. The van der Waals surface area contributed by atoms with E-state index in [0.717, 1.165) is 6.08 Å². The summed E-state index contributed by atoms with van der Waals surface area (Å²) in [5.74, 6) is -0.441. The molecule has 4 heteroatoms. The molecule has 0 amide bonds. The molecule has 0 aromatic rings. The van der Waals surface area contributed by atoms with E-state index in [4.69, 9.17) is 5.11 Å². The Balaban J connectivity index is 0. The van der Waals surface area contributed by atoms with Gasteiger partial charge in [0, 0.05) is 19.1 Å². The van der Waals surface area contributed by atoms with Gasteiger partial charge in [-0.25, -0.2) is 4.79 Å². The highest BCUT2D eigenvalue weighted by Crippen LogP contribution is 1.82. The van der Waals surface area contributed by atoms with Crippen LogP contribution >= 0.6 is 0 Å². The Morgan fingerprint density at radius 3 is 2.70 bits per heavy atom. The monoisotopic (exact) mass is 147 g/mol. The SMILES string of the molecule is C=CC(=O)OCCCO.[OH]. The molecule has 0 saturated carbocycles. The first-order chi connectivity index (χ1) is 4.31. The third-order valence-electron chi connectivity index (χ3n) is 0.713. The highest BCUT2D eigenvalue weighted by molar-refractivity contribution is 5.81. The molecule has 59 valence electrons. The van der Waals surface area contributed by atoms with Gasteiger partial charge in [-0.15, -0.1) is 0 Å². The van der Waals surface area contributed by atoms with Crippen molar-refractivity contribution in [2.24, 2.45) is 0 Å². The van der Waals surface area contributed by atoms with Gasteiger partial charge in [-0.3, -0.25) is 5.48 Å². The van der Waals surface area contributed by atoms with E-state index in [1.165, 1.54) is 0 Å². The van der Waals surface area contributed by atoms with E-state index in [1.54, 1.807) is 0 Å². The number of hydrogen-bond acceptors (Lipinski definition) is 3. The average Bonchev–Trinajstić information content (AvgIpc) is 1.89. The van der Waals surface area contributed by atoms with Crippen molar-refractivity contribution in [3.05, 3.63) is 12.7 Å². The molecule has 0 rings (SSSR count). The molecule has 0 aromatic carbocycles. The number of esters is 1. The van der Waals surface area contributed by atoms with Gasteiger partial charge < -0.3 is 9.84 Å². The molecule has 1 radical (unpaired) electrons. The summed E-state index contributed by atoms with van der Waals surface area (Å²) in [5.41, 5.74) is 0. The van der Waals surface area contributed by atoms with Crippen LogP contribution in [0.2, 0.25) is 0 Å². The maximum absolute atomic E-state index is 10.3. The van der Waals surface area contributed by atoms with Crippen molar-refractivity contribution < 1.29 is 20.1 Å². The molecule has 0 aromatic heterocycles. The van der Waals surface area contributed by atoms with Crippen LogP contribution in [0.4, 0.5) is 0 Å². The lowest BCUT2D eigenvalue weighted by atomic mass is 10.5. The Morgan fingerprint density at radius 2 is 2.30 bits per heavy atom. The molecule has 0 spiro atoms. The van der Waals surface area contributed by atoms with Crippen LogP contribution in [0.15, 0.2) is 12.7 Å². The third-order valence-corrected chi connectivity index (χ3v) is 0.713. The zero-order chi connectivity index (χ0) is 7.11. The Morgan fingerprint density at radius 1 is 1.70 bits per heavy atom. The molecule has 2 N–H and O–H groups in total. The number of ether oxygens (including phenoxy) is 1. The first-order valence-electron chi connectivity index (χ1n) is 2.71. The molecular weight excluding hydrogens is 136 g/mol. The highest BCUT2D eigenvalue weighted by atomic mass is 16.5. The van der Waals surface area contributed by atoms with E-state index >= 15 is 0 Å². The van der Waals surface area contributed by atoms with Gasteiger partial charge in [-0.2, -0.15) is 0 Å². The standard InChI is InChI=1S/C6H10O3.HO/c1-2-6(8)9-5-3-4-7;/h2,7H,1,3-5H2;1H. The molecule has 0 bridgehead atoms. The van der Waals surface area contributed by atoms with E-state index < -0.39 is 5.97 Å². The van der Waals surface area contributed by atoms with E-state index in [1.807, 2.05) is 0 Å². The Kier molecular flexibility index (Phi) is 9.65. The van der Waals surface area contributed by atoms with E-state index in [-0.39, 0.29) is 18.7 Å². The molecule has 0 aliphatic heterocycles. The predicted molar refractivity (Wildman–Crippen MR) is 34.8 cm³/mol. The molecule has 0 aliphatic carbocycles. The summed E-state index contributed by atoms with van der Waals surface area (Å²) < 4.78 is 4.51. The fraction of sp³-hybridized carbons (Fsp3) is 0.500. The van der Waals surface area contributed by atoms with Gasteiger partial charge in [0.2, 0.25) is 0 Å². The topological polar surface area (TPSA) is 76.5 Å². The summed E-state index contributed by atoms with van der Waals surface area (Å²) in [6.45, 7) is 3.51. The lowest BCUT2D eigenvalue weighted by Gasteiger charge is -1.96. The lowest BCUT2D eigenvalue weighted by molar-refractivity contribution is -0.137. The maximum atomic E-state index is 10.3. The lowest BCUT2D eigenvalue weighted by Crippen LogP contribution is -2.02. The molecule has 0 saturated heterocycles. The summed E-state index contributed by atoms with van der Waals surface area (Å²) in [4.78, 5) is 10.3. The van der Waals surface area contributed by atoms with Crippen molar-refractivity contribution in [2.75, 3.05) is 13.2 Å². The van der Waals surface area contributed by atoms with Crippen LogP contribution in [0.25, 0.3) is 0 Å². The number of carbonyl (C=O) groups excluding carboxylic acids is 1. The number of rotatable bonds is 4. The fourth-order valence-corrected chi connectivity index (χ4v) is 0.296. The zero-order valence-electron chi connectivity index (χ0n) is 5.62. The first-order valence-corrected chi connectivity index (χ1v) is 2.71. The van der Waals surface area contributed by atoms with Gasteiger partial charge >= 0.3 is 5.97 Å². The van der Waals surface area contributed by atoms with E-state index in [0.29, 0.717) is 6.42 Å². The van der Waals surface area contributed by atoms with Gasteiger partial charge in [0.1, 0.15) is 0 Å². The molecule has 0 unspecified atom stereocenters. The van der Waals surface area contributed by atoms with Crippen LogP contribution in [0.1, 0.15) is 6.42 Å². The molecule has 0 aliphatic rings. The maximum Gasteiger partial charge on any atom is 0.330 e. The van der Waals surface area contributed by atoms with E-state index in [2.05, 4.69) is 11.3 Å². The van der Waals surface area contributed by atoms with Crippen LogP contribution < -0.4 is 0 Å². The van der Waals surface area contributed by atoms with E-state index in [9.17, 15) is 4.79 Å². The van der Waals surface area contributed by atoms with Crippen molar-refractivity contribution in [3.63, 3.8) is 0 Å². The van der Waals surface area contributed by atoms with Crippen molar-refractivity contribution in [1.29, 1.82) is 0 Å². The normalized spacial score (nSPS) is 7.70. The molecule has 4 nitrogen and oxygen atoms in total. The van der Waals surface area contributed by atoms with Crippen LogP contribution in [0.5, 0.6) is 0 Å². The molecule has 10 heavy (non-hydrogen) atoms. The highest BCUT2D eigenvalue weighted by Gasteiger charge is 1.91. The zero-order valence-corrected chi connectivity index (χ0v) is 5.62. The van der Waals surface area contributed by atoms with Crippen LogP contribution in [0.3, 0.4) is 0 Å². The summed E-state index contributed by atoms with van der Waals surface area (Å²) in [7, 11) is 0. The van der Waals surface area contributed by atoms with Crippen LogP contribution in [-0.4, -0.2) is 29.8 Å². The summed E-state index contributed by atoms with van der Waals surface area (Å²) >= 11 is 0. The second-order valence-corrected chi connectivity index (χ2v) is 1.45. The summed E-state index contributed by atoms with van der Waals surface area (Å²) in [6, 6.07) is 0.